The number of carbonyl (C=O) groups is 1. The lowest BCUT2D eigenvalue weighted by molar-refractivity contribution is 0.0996. The minimum absolute atomic E-state index is 0.106. The number of hydrogen-bond acceptors (Lipinski definition) is 2. The number of nitrogens with one attached hydrogen (secondary N) is 1. The lowest BCUT2D eigenvalue weighted by Gasteiger charge is -2.17. The van der Waals surface area contributed by atoms with Gasteiger partial charge in [-0.2, -0.15) is 0 Å². The van der Waals surface area contributed by atoms with Gasteiger partial charge in [0.2, 0.25) is 0 Å². The van der Waals surface area contributed by atoms with Gasteiger partial charge in [0.25, 0.3) is 5.91 Å². The zero-order valence-electron chi connectivity index (χ0n) is 11.2. The second kappa shape index (κ2) is 6.33. The Morgan fingerprint density at radius 1 is 1.19 bits per heavy atom. The van der Waals surface area contributed by atoms with E-state index in [0.29, 0.717) is 15.7 Å². The molecule has 0 bridgehead atoms. The Bertz CT molecular complexity index is 691. The molecular formula is C15H13Cl2FN2O. The van der Waals surface area contributed by atoms with E-state index in [1.165, 1.54) is 18.2 Å². The summed E-state index contributed by atoms with van der Waals surface area (Å²) in [5, 5.41) is 4.09. The van der Waals surface area contributed by atoms with Crippen LogP contribution < -0.4 is 11.1 Å². The number of carbonyl (C=O) groups excluding carboxylic acids is 1. The van der Waals surface area contributed by atoms with Gasteiger partial charge in [-0.05, 0) is 42.8 Å². The first-order valence-electron chi connectivity index (χ1n) is 6.19. The first-order chi connectivity index (χ1) is 9.88. The highest BCUT2D eigenvalue weighted by Gasteiger charge is 2.12. The van der Waals surface area contributed by atoms with Crippen molar-refractivity contribution in [3.63, 3.8) is 0 Å². The molecule has 0 aliphatic carbocycles. The Kier molecular flexibility index (Phi) is 4.70. The van der Waals surface area contributed by atoms with Crippen LogP contribution in [0.4, 0.5) is 10.1 Å². The molecule has 2 aromatic carbocycles. The largest absolute Gasteiger partial charge is 0.378 e. The first-order valence-corrected chi connectivity index (χ1v) is 6.95. The summed E-state index contributed by atoms with van der Waals surface area (Å²) in [6, 6.07) is 9.30. The minimum Gasteiger partial charge on any atom is -0.378 e. The van der Waals surface area contributed by atoms with Crippen molar-refractivity contribution in [2.75, 3.05) is 5.32 Å². The van der Waals surface area contributed by atoms with E-state index in [0.717, 1.165) is 5.56 Å². The molecule has 3 nitrogen and oxygen atoms in total. The molecule has 0 aliphatic rings. The van der Waals surface area contributed by atoms with Crippen molar-refractivity contribution in [1.29, 1.82) is 0 Å². The molecule has 0 heterocycles. The highest BCUT2D eigenvalue weighted by molar-refractivity contribution is 6.42. The highest BCUT2D eigenvalue weighted by Crippen LogP contribution is 2.27. The van der Waals surface area contributed by atoms with Crippen molar-refractivity contribution < 1.29 is 9.18 Å². The number of primary amides is 1. The van der Waals surface area contributed by atoms with E-state index in [9.17, 15) is 9.18 Å². The smallest absolute Gasteiger partial charge is 0.251 e. The van der Waals surface area contributed by atoms with Crippen LogP contribution in [0.15, 0.2) is 36.4 Å². The molecule has 0 aromatic heterocycles. The van der Waals surface area contributed by atoms with Crippen molar-refractivity contribution in [3.05, 3.63) is 63.4 Å². The van der Waals surface area contributed by atoms with E-state index in [1.807, 2.05) is 13.0 Å². The Labute approximate surface area is 131 Å². The summed E-state index contributed by atoms with van der Waals surface area (Å²) in [4.78, 5) is 11.1. The number of hydrogen-bond donors (Lipinski definition) is 2. The summed E-state index contributed by atoms with van der Waals surface area (Å²) in [6.45, 7) is 1.91. The SMILES string of the molecule is CC(Nc1ccc(F)c(C(N)=O)c1)c1ccc(Cl)c(Cl)c1. The van der Waals surface area contributed by atoms with E-state index in [4.69, 9.17) is 28.9 Å². The van der Waals surface area contributed by atoms with Crippen LogP contribution in [0.5, 0.6) is 0 Å². The number of halogens is 3. The van der Waals surface area contributed by atoms with Crippen molar-refractivity contribution in [3.8, 4) is 0 Å². The molecular weight excluding hydrogens is 314 g/mol. The maximum atomic E-state index is 13.4. The fourth-order valence-corrected chi connectivity index (χ4v) is 2.23. The number of nitrogens with two attached hydrogens (primary N) is 1. The summed E-state index contributed by atoms with van der Waals surface area (Å²) >= 11 is 11.9. The normalized spacial score (nSPS) is 12.0. The lowest BCUT2D eigenvalue weighted by Crippen LogP contribution is -2.14. The third-order valence-electron chi connectivity index (χ3n) is 3.06. The van der Waals surface area contributed by atoms with Gasteiger partial charge >= 0.3 is 0 Å². The van der Waals surface area contributed by atoms with Crippen LogP contribution in [0.1, 0.15) is 28.9 Å². The first kappa shape index (κ1) is 15.6. The van der Waals surface area contributed by atoms with Crippen molar-refractivity contribution >= 4 is 34.8 Å². The summed E-state index contributed by atoms with van der Waals surface area (Å²) in [7, 11) is 0. The summed E-state index contributed by atoms with van der Waals surface area (Å²) in [6.07, 6.45) is 0. The quantitative estimate of drug-likeness (QED) is 0.874. The van der Waals surface area contributed by atoms with Crippen molar-refractivity contribution in [1.82, 2.24) is 0 Å². The molecule has 6 heteroatoms. The van der Waals surface area contributed by atoms with E-state index >= 15 is 0 Å². The minimum atomic E-state index is -0.807. The fraction of sp³-hybridized carbons (Fsp3) is 0.133. The standard InChI is InChI=1S/C15H13Cl2FN2O/c1-8(9-2-4-12(16)13(17)6-9)20-10-3-5-14(18)11(7-10)15(19)21/h2-8,20H,1H3,(H2,19,21). The monoisotopic (exact) mass is 326 g/mol. The van der Waals surface area contributed by atoms with Gasteiger partial charge in [0.1, 0.15) is 5.82 Å². The molecule has 0 radical (unpaired) electrons. The van der Waals surface area contributed by atoms with Crippen LogP contribution in [0, 0.1) is 5.82 Å². The Morgan fingerprint density at radius 2 is 1.90 bits per heavy atom. The third-order valence-corrected chi connectivity index (χ3v) is 3.80. The topological polar surface area (TPSA) is 55.1 Å². The molecule has 2 aromatic rings. The van der Waals surface area contributed by atoms with Gasteiger partial charge in [-0.1, -0.05) is 29.3 Å². The van der Waals surface area contributed by atoms with Crippen LogP contribution in [0.25, 0.3) is 0 Å². The predicted octanol–water partition coefficient (Wildman–Crippen LogP) is 4.40. The van der Waals surface area contributed by atoms with Gasteiger partial charge in [0.15, 0.2) is 0 Å². The average molecular weight is 327 g/mol. The molecule has 0 saturated heterocycles. The molecule has 1 unspecified atom stereocenters. The zero-order chi connectivity index (χ0) is 15.6. The zero-order valence-corrected chi connectivity index (χ0v) is 12.7. The Hall–Kier alpha value is -1.78. The van der Waals surface area contributed by atoms with Gasteiger partial charge in [0.05, 0.1) is 15.6 Å². The third kappa shape index (κ3) is 3.65. The van der Waals surface area contributed by atoms with Crippen LogP contribution in [-0.2, 0) is 0 Å². The van der Waals surface area contributed by atoms with Gasteiger partial charge in [-0.25, -0.2) is 4.39 Å². The van der Waals surface area contributed by atoms with Crippen molar-refractivity contribution in [2.45, 2.75) is 13.0 Å². The van der Waals surface area contributed by atoms with E-state index in [1.54, 1.807) is 12.1 Å². The van der Waals surface area contributed by atoms with Gasteiger partial charge < -0.3 is 11.1 Å². The molecule has 3 N–H and O–H groups in total. The molecule has 0 fully saturated rings. The number of benzene rings is 2. The van der Waals surface area contributed by atoms with Gasteiger partial charge in [0, 0.05) is 11.7 Å². The lowest BCUT2D eigenvalue weighted by atomic mass is 10.1. The van der Waals surface area contributed by atoms with E-state index in [2.05, 4.69) is 5.32 Å². The average Bonchev–Trinajstić information content (AvgIpc) is 2.43. The molecule has 0 saturated carbocycles. The second-order valence-electron chi connectivity index (χ2n) is 4.60. The van der Waals surface area contributed by atoms with E-state index in [-0.39, 0.29) is 11.6 Å². The van der Waals surface area contributed by atoms with Crippen LogP contribution >= 0.6 is 23.2 Å². The molecule has 2 rings (SSSR count). The molecule has 0 spiro atoms. The second-order valence-corrected chi connectivity index (χ2v) is 5.41. The molecule has 0 aliphatic heterocycles. The van der Waals surface area contributed by atoms with Gasteiger partial charge in [-0.3, -0.25) is 4.79 Å². The predicted molar refractivity (Wildman–Crippen MR) is 83.4 cm³/mol. The van der Waals surface area contributed by atoms with E-state index < -0.39 is 11.7 Å². The highest BCUT2D eigenvalue weighted by atomic mass is 35.5. The molecule has 110 valence electrons. The Morgan fingerprint density at radius 3 is 2.52 bits per heavy atom. The maximum Gasteiger partial charge on any atom is 0.251 e. The number of rotatable bonds is 4. The van der Waals surface area contributed by atoms with Crippen LogP contribution in [0.2, 0.25) is 10.0 Å². The fourth-order valence-electron chi connectivity index (χ4n) is 1.92. The summed E-state index contributed by atoms with van der Waals surface area (Å²) in [5.74, 6) is -1.45. The molecule has 21 heavy (non-hydrogen) atoms. The molecule has 1 atom stereocenters. The maximum absolute atomic E-state index is 13.4. The Balaban J connectivity index is 2.23. The summed E-state index contributed by atoms with van der Waals surface area (Å²) in [5.41, 5.74) is 6.47. The summed E-state index contributed by atoms with van der Waals surface area (Å²) < 4.78 is 13.4. The van der Waals surface area contributed by atoms with Crippen LogP contribution in [-0.4, -0.2) is 5.91 Å². The van der Waals surface area contributed by atoms with Crippen LogP contribution in [0.3, 0.4) is 0 Å². The van der Waals surface area contributed by atoms with Crippen molar-refractivity contribution in [2.24, 2.45) is 5.73 Å². The number of anilines is 1. The van der Waals surface area contributed by atoms with Gasteiger partial charge in [-0.15, -0.1) is 0 Å². The molecule has 1 amide bonds. The number of amides is 1.